The average molecular weight is 445 g/mol. The highest BCUT2D eigenvalue weighted by Gasteiger charge is 2.10. The summed E-state index contributed by atoms with van der Waals surface area (Å²) in [5.41, 5.74) is 0.840. The van der Waals surface area contributed by atoms with Crippen molar-refractivity contribution >= 4 is 78.5 Å². The van der Waals surface area contributed by atoms with Crippen LogP contribution in [0.2, 0.25) is 0 Å². The van der Waals surface area contributed by atoms with Gasteiger partial charge in [0.15, 0.2) is 11.5 Å². The van der Waals surface area contributed by atoms with Gasteiger partial charge in [0.05, 0.1) is 13.7 Å². The zero-order valence-electron chi connectivity index (χ0n) is 9.00. The minimum atomic E-state index is 0.799. The number of nitrogens with zero attached hydrogens (tertiary/aromatic N) is 1. The number of hydrogen-bond acceptors (Lipinski definition) is 5. The number of fused-ring (bicyclic) bond motifs is 1. The number of anilines is 1. The summed E-state index contributed by atoms with van der Waals surface area (Å²) < 4.78 is 11.8. The third-order valence-electron chi connectivity index (χ3n) is 2.31. The van der Waals surface area contributed by atoms with Crippen molar-refractivity contribution in [2.24, 2.45) is 0 Å². The molecular weight excluding hydrogens is 435 g/mol. The summed E-state index contributed by atoms with van der Waals surface area (Å²) in [6, 6.07) is 1.91. The number of halogens is 2. The Morgan fingerprint density at radius 2 is 2.41 bits per heavy atom. The highest BCUT2D eigenvalue weighted by molar-refractivity contribution is 14.1. The fourth-order valence-electron chi connectivity index (χ4n) is 1.41. The van der Waals surface area contributed by atoms with Crippen LogP contribution in [-0.2, 0) is 0 Å². The Balaban J connectivity index is 2.42. The van der Waals surface area contributed by atoms with Crippen molar-refractivity contribution in [1.82, 2.24) is 3.53 Å². The van der Waals surface area contributed by atoms with E-state index in [2.05, 4.69) is 42.3 Å². The Bertz CT molecular complexity index is 583. The molecule has 0 spiro atoms. The Morgan fingerprint density at radius 1 is 1.65 bits per heavy atom. The Morgan fingerprint density at radius 3 is 3.12 bits per heavy atom. The number of likely N-dealkylation sites (N-methyl/N-ethyl adjacent to an activating group) is 1. The summed E-state index contributed by atoms with van der Waals surface area (Å²) in [7, 11) is 1.99. The van der Waals surface area contributed by atoms with Crippen molar-refractivity contribution in [2.75, 3.05) is 25.0 Å². The minimum Gasteiger partial charge on any atom is -0.438 e. The monoisotopic (exact) mass is 444 g/mol. The summed E-state index contributed by atoms with van der Waals surface area (Å²) in [6.07, 6.45) is 0. The van der Waals surface area contributed by atoms with Gasteiger partial charge in [-0.2, -0.15) is 0 Å². The summed E-state index contributed by atoms with van der Waals surface area (Å²) in [5, 5.41) is 2.00. The van der Waals surface area contributed by atoms with Gasteiger partial charge in [0, 0.05) is 54.4 Å². The predicted octanol–water partition coefficient (Wildman–Crippen LogP) is 4.36. The molecule has 0 aromatic carbocycles. The molecule has 1 N–H and O–H groups in total. The van der Waals surface area contributed by atoms with Gasteiger partial charge in [0.25, 0.3) is 0 Å². The van der Waals surface area contributed by atoms with E-state index < -0.39 is 0 Å². The molecule has 2 aromatic rings. The molecule has 0 saturated carbocycles. The molecule has 0 bridgehead atoms. The van der Waals surface area contributed by atoms with E-state index in [0.717, 1.165) is 38.2 Å². The van der Waals surface area contributed by atoms with Crippen LogP contribution < -0.4 is 8.43 Å². The molecule has 3 nitrogen and oxygen atoms in total. The highest BCUT2D eigenvalue weighted by atomic mass is 127. The highest BCUT2D eigenvalue weighted by Crippen LogP contribution is 2.34. The number of rotatable bonds is 4. The third kappa shape index (κ3) is 3.01. The Labute approximate surface area is 131 Å². The fraction of sp³-hybridized carbons (Fsp3) is 0.300. The second-order valence-electron chi connectivity index (χ2n) is 3.50. The van der Waals surface area contributed by atoms with Crippen molar-refractivity contribution in [3.8, 4) is 0 Å². The van der Waals surface area contributed by atoms with Crippen molar-refractivity contribution in [1.29, 1.82) is 0 Å². The van der Waals surface area contributed by atoms with Gasteiger partial charge in [0.1, 0.15) is 0 Å². The zero-order valence-corrected chi connectivity index (χ0v) is 14.4. The maximum atomic E-state index is 5.86. The smallest absolute Gasteiger partial charge is 0.197 e. The molecule has 17 heavy (non-hydrogen) atoms. The van der Waals surface area contributed by atoms with Crippen LogP contribution in [0.5, 0.6) is 0 Å². The Kier molecular flexibility index (Phi) is 4.81. The first-order valence-electron chi connectivity index (χ1n) is 4.89. The van der Waals surface area contributed by atoms with Crippen LogP contribution in [0.1, 0.15) is 0 Å². The molecule has 0 aliphatic rings. The molecule has 0 radical (unpaired) electrons. The van der Waals surface area contributed by atoms with Crippen LogP contribution in [0.25, 0.3) is 10.3 Å². The first kappa shape index (κ1) is 13.7. The molecule has 7 heteroatoms. The minimum absolute atomic E-state index is 0.799. The summed E-state index contributed by atoms with van der Waals surface area (Å²) in [6.45, 7) is 1.76. The van der Waals surface area contributed by atoms with Crippen molar-refractivity contribution in [2.45, 2.75) is 0 Å². The maximum Gasteiger partial charge on any atom is 0.197 e. The van der Waals surface area contributed by atoms with Crippen molar-refractivity contribution in [3.05, 3.63) is 20.4 Å². The van der Waals surface area contributed by atoms with Gasteiger partial charge in [-0.25, -0.2) is 0 Å². The van der Waals surface area contributed by atoms with Crippen molar-refractivity contribution < 1.29 is 4.42 Å². The quantitative estimate of drug-likeness (QED) is 0.430. The van der Waals surface area contributed by atoms with Gasteiger partial charge in [-0.3, -0.25) is 3.53 Å². The molecule has 0 atom stereocenters. The molecular formula is C10H10BrIN2OS2. The van der Waals surface area contributed by atoms with Crippen LogP contribution >= 0.6 is 62.3 Å². The van der Waals surface area contributed by atoms with Gasteiger partial charge in [-0.15, -0.1) is 11.3 Å². The zero-order chi connectivity index (χ0) is 12.4. The number of thiophene rings is 1. The van der Waals surface area contributed by atoms with E-state index in [1.807, 2.05) is 23.4 Å². The SMILES string of the molecule is CN(CCNI)c1cc(=S)c2scc(Br)c2o1. The lowest BCUT2D eigenvalue weighted by atomic mass is 10.4. The standard InChI is InChI=1S/C10H10BrIN2OS2/c1-14(3-2-13-12)8-4-7(16)10-9(15-8)6(11)5-17-10/h4-5,13H,2-3H2,1H3. The van der Waals surface area contributed by atoms with E-state index in [9.17, 15) is 0 Å². The van der Waals surface area contributed by atoms with Gasteiger partial charge < -0.3 is 9.32 Å². The molecule has 0 fully saturated rings. The summed E-state index contributed by atoms with van der Waals surface area (Å²) in [4.78, 5) is 2.05. The van der Waals surface area contributed by atoms with E-state index in [4.69, 9.17) is 16.6 Å². The second kappa shape index (κ2) is 5.96. The number of hydrogen-bond donors (Lipinski definition) is 1. The molecule has 2 aromatic heterocycles. The van der Waals surface area contributed by atoms with Gasteiger partial charge in [-0.1, -0.05) is 12.2 Å². The van der Waals surface area contributed by atoms with Crippen LogP contribution in [0.4, 0.5) is 5.88 Å². The Hall–Kier alpha value is 0.300. The van der Waals surface area contributed by atoms with Crippen LogP contribution in [0.3, 0.4) is 0 Å². The molecule has 0 unspecified atom stereocenters. The molecule has 2 heterocycles. The first-order valence-corrected chi connectivity index (χ1v) is 8.05. The van der Waals surface area contributed by atoms with Gasteiger partial charge >= 0.3 is 0 Å². The lowest BCUT2D eigenvalue weighted by Crippen LogP contribution is -2.24. The summed E-state index contributed by atoms with van der Waals surface area (Å²) in [5.74, 6) is 0.799. The van der Waals surface area contributed by atoms with E-state index in [0.29, 0.717) is 0 Å². The fourth-order valence-corrected chi connectivity index (χ4v) is 3.44. The van der Waals surface area contributed by atoms with Crippen LogP contribution in [0, 0.1) is 4.51 Å². The van der Waals surface area contributed by atoms with Crippen LogP contribution in [-0.4, -0.2) is 20.1 Å². The van der Waals surface area contributed by atoms with Crippen LogP contribution in [0.15, 0.2) is 20.3 Å². The second-order valence-corrected chi connectivity index (χ2v) is 6.43. The lowest BCUT2D eigenvalue weighted by molar-refractivity contribution is 0.585. The van der Waals surface area contributed by atoms with E-state index >= 15 is 0 Å². The normalized spacial score (nSPS) is 11.0. The van der Waals surface area contributed by atoms with Gasteiger partial charge in [-0.05, 0) is 15.9 Å². The van der Waals surface area contributed by atoms with E-state index in [-0.39, 0.29) is 0 Å². The maximum absolute atomic E-state index is 5.86. The topological polar surface area (TPSA) is 28.4 Å². The molecule has 0 aliphatic carbocycles. The first-order chi connectivity index (χ1) is 8.13. The number of nitrogens with one attached hydrogen (secondary N) is 1. The largest absolute Gasteiger partial charge is 0.438 e. The average Bonchev–Trinajstić information content (AvgIpc) is 2.69. The summed E-state index contributed by atoms with van der Waals surface area (Å²) >= 11 is 12.6. The molecule has 0 amide bonds. The molecule has 0 aliphatic heterocycles. The van der Waals surface area contributed by atoms with E-state index in [1.165, 1.54) is 0 Å². The molecule has 92 valence electrons. The third-order valence-corrected chi connectivity index (χ3v) is 5.18. The molecule has 2 rings (SSSR count). The predicted molar refractivity (Wildman–Crippen MR) is 87.9 cm³/mol. The van der Waals surface area contributed by atoms with E-state index in [1.54, 1.807) is 11.3 Å². The lowest BCUT2D eigenvalue weighted by Gasteiger charge is -2.16. The van der Waals surface area contributed by atoms with Crippen molar-refractivity contribution in [3.63, 3.8) is 0 Å². The van der Waals surface area contributed by atoms with Gasteiger partial charge in [0.2, 0.25) is 0 Å². The molecule has 0 saturated heterocycles.